The number of hydrogen-bond acceptors (Lipinski definition) is 7. The molecular weight excluding hydrogens is 278 g/mol. The van der Waals surface area contributed by atoms with Crippen molar-refractivity contribution in [2.24, 2.45) is 0 Å². The van der Waals surface area contributed by atoms with Crippen LogP contribution in [0.4, 0.5) is 0 Å². The van der Waals surface area contributed by atoms with Crippen molar-refractivity contribution in [1.29, 1.82) is 0 Å². The van der Waals surface area contributed by atoms with Crippen LogP contribution in [0.15, 0.2) is 47.0 Å². The van der Waals surface area contributed by atoms with Crippen molar-refractivity contribution in [3.63, 3.8) is 0 Å². The van der Waals surface area contributed by atoms with Gasteiger partial charge in [0, 0.05) is 6.20 Å². The van der Waals surface area contributed by atoms with E-state index in [0.717, 1.165) is 5.65 Å². The summed E-state index contributed by atoms with van der Waals surface area (Å²) >= 11 is 1.27. The monoisotopic (exact) mass is 287 g/mol. The van der Waals surface area contributed by atoms with Gasteiger partial charge in [-0.1, -0.05) is 6.07 Å². The highest BCUT2D eigenvalue weighted by Gasteiger charge is 2.12. The number of hydrogen-bond donors (Lipinski definition) is 0. The first kappa shape index (κ1) is 12.5. The SMILES string of the molecule is COC(=O)c1cncc(Sc2nnc3ccccn23)n1. The molecule has 0 saturated carbocycles. The molecule has 3 aromatic rings. The molecule has 8 heteroatoms. The molecule has 0 aromatic carbocycles. The van der Waals surface area contributed by atoms with Crippen LogP contribution in [-0.2, 0) is 4.74 Å². The summed E-state index contributed by atoms with van der Waals surface area (Å²) in [5.74, 6) is -0.522. The molecule has 0 bridgehead atoms. The minimum atomic E-state index is -0.522. The third-order valence-electron chi connectivity index (χ3n) is 2.49. The van der Waals surface area contributed by atoms with Crippen LogP contribution in [0.3, 0.4) is 0 Å². The third kappa shape index (κ3) is 2.32. The van der Waals surface area contributed by atoms with Crippen LogP contribution in [0.2, 0.25) is 0 Å². The molecule has 0 saturated heterocycles. The summed E-state index contributed by atoms with van der Waals surface area (Å²) < 4.78 is 6.44. The molecule has 3 rings (SSSR count). The quantitative estimate of drug-likeness (QED) is 0.674. The average Bonchev–Trinajstić information content (AvgIpc) is 2.90. The van der Waals surface area contributed by atoms with Gasteiger partial charge in [-0.05, 0) is 23.9 Å². The van der Waals surface area contributed by atoms with Crippen LogP contribution in [0.25, 0.3) is 5.65 Å². The topological polar surface area (TPSA) is 82.3 Å². The van der Waals surface area contributed by atoms with Gasteiger partial charge in [-0.15, -0.1) is 10.2 Å². The van der Waals surface area contributed by atoms with Crippen molar-refractivity contribution in [2.75, 3.05) is 7.11 Å². The number of ether oxygens (including phenoxy) is 1. The van der Waals surface area contributed by atoms with E-state index < -0.39 is 5.97 Å². The van der Waals surface area contributed by atoms with Gasteiger partial charge in [0.25, 0.3) is 0 Å². The Balaban J connectivity index is 1.93. The normalized spacial score (nSPS) is 10.7. The van der Waals surface area contributed by atoms with E-state index in [1.165, 1.54) is 25.1 Å². The van der Waals surface area contributed by atoms with Crippen LogP contribution in [-0.4, -0.2) is 37.6 Å². The van der Waals surface area contributed by atoms with Crippen molar-refractivity contribution >= 4 is 23.4 Å². The van der Waals surface area contributed by atoms with Crippen LogP contribution in [0.1, 0.15) is 10.5 Å². The zero-order chi connectivity index (χ0) is 13.9. The summed E-state index contributed by atoms with van der Waals surface area (Å²) in [5, 5.41) is 9.32. The fourth-order valence-electron chi connectivity index (χ4n) is 1.58. The lowest BCUT2D eigenvalue weighted by Gasteiger charge is -2.01. The third-order valence-corrected chi connectivity index (χ3v) is 3.35. The second kappa shape index (κ2) is 5.25. The number of rotatable bonds is 3. The number of nitrogens with zero attached hydrogens (tertiary/aromatic N) is 5. The van der Waals surface area contributed by atoms with Crippen LogP contribution in [0, 0.1) is 0 Å². The summed E-state index contributed by atoms with van der Waals surface area (Å²) in [6, 6.07) is 5.63. The number of fused-ring (bicyclic) bond motifs is 1. The Morgan fingerprint density at radius 3 is 3.05 bits per heavy atom. The van der Waals surface area contributed by atoms with Crippen molar-refractivity contribution in [3.05, 3.63) is 42.5 Å². The number of pyridine rings is 1. The highest BCUT2D eigenvalue weighted by atomic mass is 32.2. The van der Waals surface area contributed by atoms with Gasteiger partial charge in [-0.2, -0.15) is 0 Å². The second-order valence-corrected chi connectivity index (χ2v) is 4.74. The largest absolute Gasteiger partial charge is 0.464 e. The lowest BCUT2D eigenvalue weighted by Crippen LogP contribution is -2.05. The Labute approximate surface area is 118 Å². The van der Waals surface area contributed by atoms with Crippen molar-refractivity contribution in [3.8, 4) is 0 Å². The van der Waals surface area contributed by atoms with E-state index in [1.807, 2.05) is 28.8 Å². The molecule has 0 amide bonds. The summed E-state index contributed by atoms with van der Waals surface area (Å²) in [5.41, 5.74) is 0.901. The fourth-order valence-corrected chi connectivity index (χ4v) is 2.36. The standard InChI is InChI=1S/C12H9N5O2S/c1-19-11(18)8-6-13-7-10(14-8)20-12-16-15-9-4-2-3-5-17(9)12/h2-7H,1H3. The summed E-state index contributed by atoms with van der Waals surface area (Å²) in [7, 11) is 1.30. The van der Waals surface area contributed by atoms with Crippen LogP contribution < -0.4 is 0 Å². The van der Waals surface area contributed by atoms with E-state index >= 15 is 0 Å². The van der Waals surface area contributed by atoms with E-state index in [9.17, 15) is 4.79 Å². The Morgan fingerprint density at radius 1 is 1.30 bits per heavy atom. The van der Waals surface area contributed by atoms with Crippen molar-refractivity contribution in [1.82, 2.24) is 24.6 Å². The van der Waals surface area contributed by atoms with E-state index in [-0.39, 0.29) is 5.69 Å². The van der Waals surface area contributed by atoms with Gasteiger partial charge in [0.05, 0.1) is 19.5 Å². The summed E-state index contributed by atoms with van der Waals surface area (Å²) in [6.45, 7) is 0. The molecular formula is C12H9N5O2S. The summed E-state index contributed by atoms with van der Waals surface area (Å²) in [6.07, 6.45) is 4.77. The first-order chi connectivity index (χ1) is 9.78. The molecule has 3 heterocycles. The molecule has 0 spiro atoms. The molecule has 7 nitrogen and oxygen atoms in total. The lowest BCUT2D eigenvalue weighted by atomic mass is 10.5. The van der Waals surface area contributed by atoms with E-state index in [0.29, 0.717) is 10.2 Å². The van der Waals surface area contributed by atoms with Crippen molar-refractivity contribution in [2.45, 2.75) is 10.2 Å². The van der Waals surface area contributed by atoms with Gasteiger partial charge in [0.2, 0.25) is 5.16 Å². The highest BCUT2D eigenvalue weighted by Crippen LogP contribution is 2.24. The van der Waals surface area contributed by atoms with E-state index in [1.54, 1.807) is 6.20 Å². The van der Waals surface area contributed by atoms with E-state index in [2.05, 4.69) is 24.9 Å². The van der Waals surface area contributed by atoms with Crippen LogP contribution in [0.5, 0.6) is 0 Å². The maximum absolute atomic E-state index is 11.4. The zero-order valence-electron chi connectivity index (χ0n) is 10.4. The van der Waals surface area contributed by atoms with Gasteiger partial charge in [-0.3, -0.25) is 9.38 Å². The Hall–Kier alpha value is -2.48. The summed E-state index contributed by atoms with van der Waals surface area (Å²) in [4.78, 5) is 19.6. The molecule has 100 valence electrons. The minimum absolute atomic E-state index is 0.159. The average molecular weight is 287 g/mol. The van der Waals surface area contributed by atoms with Gasteiger partial charge < -0.3 is 4.74 Å². The van der Waals surface area contributed by atoms with Crippen LogP contribution >= 0.6 is 11.8 Å². The zero-order valence-corrected chi connectivity index (χ0v) is 11.2. The highest BCUT2D eigenvalue weighted by molar-refractivity contribution is 7.99. The van der Waals surface area contributed by atoms with Gasteiger partial charge in [-0.25, -0.2) is 9.78 Å². The fraction of sp³-hybridized carbons (Fsp3) is 0.0833. The first-order valence-electron chi connectivity index (χ1n) is 5.66. The predicted molar refractivity (Wildman–Crippen MR) is 70.5 cm³/mol. The molecule has 0 unspecified atom stereocenters. The van der Waals surface area contributed by atoms with Gasteiger partial charge in [0.1, 0.15) is 5.03 Å². The van der Waals surface area contributed by atoms with Gasteiger partial charge >= 0.3 is 5.97 Å². The molecule has 3 aromatic heterocycles. The first-order valence-corrected chi connectivity index (χ1v) is 6.47. The Kier molecular flexibility index (Phi) is 3.30. The maximum atomic E-state index is 11.4. The Morgan fingerprint density at radius 2 is 2.20 bits per heavy atom. The number of esters is 1. The maximum Gasteiger partial charge on any atom is 0.358 e. The van der Waals surface area contributed by atoms with E-state index in [4.69, 9.17) is 0 Å². The number of carbonyl (C=O) groups is 1. The number of methoxy groups -OCH3 is 1. The molecule has 0 aliphatic heterocycles. The molecule has 0 atom stereocenters. The lowest BCUT2D eigenvalue weighted by molar-refractivity contribution is 0.0592. The molecule has 0 radical (unpaired) electrons. The second-order valence-electron chi connectivity index (χ2n) is 3.75. The Bertz CT molecular complexity index is 773. The molecule has 20 heavy (non-hydrogen) atoms. The predicted octanol–water partition coefficient (Wildman–Crippen LogP) is 1.46. The minimum Gasteiger partial charge on any atom is -0.464 e. The molecule has 0 aliphatic rings. The number of carbonyl (C=O) groups excluding carboxylic acids is 1. The smallest absolute Gasteiger partial charge is 0.358 e. The molecule has 0 aliphatic carbocycles. The number of aromatic nitrogens is 5. The van der Waals surface area contributed by atoms with Gasteiger partial charge in [0.15, 0.2) is 11.3 Å². The molecule has 0 fully saturated rings. The molecule has 0 N–H and O–H groups in total. The van der Waals surface area contributed by atoms with Crippen molar-refractivity contribution < 1.29 is 9.53 Å².